The summed E-state index contributed by atoms with van der Waals surface area (Å²) in [6.07, 6.45) is 0. The number of fused-ring (bicyclic) bond motifs is 1. The Morgan fingerprint density at radius 3 is 2.64 bits per heavy atom. The normalized spacial score (nSPS) is 13.0. The van der Waals surface area contributed by atoms with E-state index < -0.39 is 0 Å². The van der Waals surface area contributed by atoms with Crippen LogP contribution in [0, 0.1) is 6.54 Å². The molecule has 0 fully saturated rings. The molecular weight excluding hydrogens is 344 g/mol. The van der Waals surface area contributed by atoms with E-state index in [2.05, 4.69) is 32.3 Å². The van der Waals surface area contributed by atoms with Gasteiger partial charge >= 0.3 is 0 Å². The maximum Gasteiger partial charge on any atom is 0.169 e. The molecule has 113 valence electrons. The molecular formula is C17H16BrN2O2. The zero-order valence-corrected chi connectivity index (χ0v) is 14.2. The summed E-state index contributed by atoms with van der Waals surface area (Å²) in [7, 11) is 3.29. The van der Waals surface area contributed by atoms with Gasteiger partial charge in [-0.2, -0.15) is 0 Å². The molecule has 0 unspecified atom stereocenters. The molecule has 2 aromatic carbocycles. The Labute approximate surface area is 138 Å². The number of anilines is 1. The van der Waals surface area contributed by atoms with Gasteiger partial charge in [-0.05, 0) is 24.6 Å². The molecule has 0 aromatic heterocycles. The molecule has 4 nitrogen and oxygen atoms in total. The SMILES string of the molecule is COc1cc2c(c(-c3cccc(Br)c3)c1OC)[CH]N=C(C)N2. The predicted molar refractivity (Wildman–Crippen MR) is 92.8 cm³/mol. The second-order valence-corrected chi connectivity index (χ2v) is 5.84. The average Bonchev–Trinajstić information content (AvgIpc) is 2.52. The van der Waals surface area contributed by atoms with Crippen molar-refractivity contribution in [3.63, 3.8) is 0 Å². The molecule has 0 saturated carbocycles. The molecule has 1 aliphatic heterocycles. The first kappa shape index (κ1) is 14.9. The van der Waals surface area contributed by atoms with Gasteiger partial charge in [0.2, 0.25) is 0 Å². The third-order valence-corrected chi connectivity index (χ3v) is 4.02. The van der Waals surface area contributed by atoms with Crippen LogP contribution in [0.3, 0.4) is 0 Å². The van der Waals surface area contributed by atoms with Crippen molar-refractivity contribution in [1.82, 2.24) is 0 Å². The van der Waals surface area contributed by atoms with Gasteiger partial charge < -0.3 is 14.8 Å². The van der Waals surface area contributed by atoms with Crippen molar-refractivity contribution < 1.29 is 9.47 Å². The van der Waals surface area contributed by atoms with Crippen LogP contribution in [0.25, 0.3) is 11.1 Å². The maximum atomic E-state index is 5.62. The van der Waals surface area contributed by atoms with E-state index in [0.29, 0.717) is 11.5 Å². The van der Waals surface area contributed by atoms with E-state index >= 15 is 0 Å². The highest BCUT2D eigenvalue weighted by Gasteiger charge is 2.23. The largest absolute Gasteiger partial charge is 0.493 e. The molecule has 3 rings (SSSR count). The van der Waals surface area contributed by atoms with Gasteiger partial charge in [0, 0.05) is 27.4 Å². The molecule has 0 bridgehead atoms. The Morgan fingerprint density at radius 1 is 1.14 bits per heavy atom. The Hall–Kier alpha value is -2.01. The van der Waals surface area contributed by atoms with Crippen molar-refractivity contribution in [2.75, 3.05) is 19.5 Å². The molecule has 0 spiro atoms. The second-order valence-electron chi connectivity index (χ2n) is 4.93. The van der Waals surface area contributed by atoms with Crippen molar-refractivity contribution in [3.8, 4) is 22.6 Å². The van der Waals surface area contributed by atoms with Gasteiger partial charge in [-0.3, -0.25) is 4.99 Å². The van der Waals surface area contributed by atoms with E-state index in [-0.39, 0.29) is 0 Å². The lowest BCUT2D eigenvalue weighted by Crippen LogP contribution is -2.14. The summed E-state index contributed by atoms with van der Waals surface area (Å²) in [6, 6.07) is 10.0. The first-order chi connectivity index (χ1) is 10.6. The third-order valence-electron chi connectivity index (χ3n) is 3.53. The number of nitrogens with zero attached hydrogens (tertiary/aromatic N) is 1. The first-order valence-electron chi connectivity index (χ1n) is 6.83. The fourth-order valence-corrected chi connectivity index (χ4v) is 2.96. The van der Waals surface area contributed by atoms with Crippen molar-refractivity contribution >= 4 is 27.5 Å². The van der Waals surface area contributed by atoms with Crippen LogP contribution in [0.4, 0.5) is 5.69 Å². The fraction of sp³-hybridized carbons (Fsp3) is 0.176. The van der Waals surface area contributed by atoms with E-state index in [9.17, 15) is 0 Å². The molecule has 0 aliphatic carbocycles. The Kier molecular flexibility index (Phi) is 4.07. The molecule has 1 aliphatic rings. The highest BCUT2D eigenvalue weighted by molar-refractivity contribution is 9.10. The van der Waals surface area contributed by atoms with Gasteiger partial charge in [-0.15, -0.1) is 0 Å². The van der Waals surface area contributed by atoms with Crippen LogP contribution in [0.1, 0.15) is 12.5 Å². The van der Waals surface area contributed by atoms with Gasteiger partial charge in [0.25, 0.3) is 0 Å². The molecule has 22 heavy (non-hydrogen) atoms. The van der Waals surface area contributed by atoms with Crippen molar-refractivity contribution in [3.05, 3.63) is 46.9 Å². The molecule has 1 N–H and O–H groups in total. The van der Waals surface area contributed by atoms with E-state index in [1.165, 1.54) is 0 Å². The van der Waals surface area contributed by atoms with Crippen molar-refractivity contribution in [2.24, 2.45) is 4.99 Å². The number of rotatable bonds is 3. The summed E-state index contributed by atoms with van der Waals surface area (Å²) in [5.74, 6) is 2.24. The van der Waals surface area contributed by atoms with E-state index in [4.69, 9.17) is 9.47 Å². The average molecular weight is 360 g/mol. The summed E-state index contributed by atoms with van der Waals surface area (Å²) in [4.78, 5) is 4.38. The molecule has 1 radical (unpaired) electrons. The summed E-state index contributed by atoms with van der Waals surface area (Å²) in [5.41, 5.74) is 3.94. The minimum absolute atomic E-state index is 0.687. The molecule has 0 atom stereocenters. The van der Waals surface area contributed by atoms with Crippen LogP contribution < -0.4 is 14.8 Å². The number of amidine groups is 1. The number of hydrogen-bond acceptors (Lipinski definition) is 4. The molecule has 1 heterocycles. The Balaban J connectivity index is 2.30. The molecule has 2 aromatic rings. The number of ether oxygens (including phenoxy) is 2. The number of aliphatic imine (C=N–C) groups is 1. The highest BCUT2D eigenvalue weighted by Crippen LogP contribution is 2.46. The second kappa shape index (κ2) is 6.01. The summed E-state index contributed by atoms with van der Waals surface area (Å²) in [6.45, 7) is 3.79. The Bertz CT molecular complexity index is 757. The summed E-state index contributed by atoms with van der Waals surface area (Å²) < 4.78 is 12.1. The lowest BCUT2D eigenvalue weighted by molar-refractivity contribution is 0.356. The van der Waals surface area contributed by atoms with Crippen LogP contribution in [0.2, 0.25) is 0 Å². The monoisotopic (exact) mass is 359 g/mol. The minimum Gasteiger partial charge on any atom is -0.493 e. The van der Waals surface area contributed by atoms with Crippen LogP contribution in [0.5, 0.6) is 11.5 Å². The molecule has 0 amide bonds. The standard InChI is InChI=1S/C17H16BrN2O2/c1-10-19-9-13-14(20-10)8-15(21-2)17(22-3)16(13)11-5-4-6-12(18)7-11/h4-9H,1-3H3,(H,19,20). The quantitative estimate of drug-likeness (QED) is 0.877. The topological polar surface area (TPSA) is 42.9 Å². The highest BCUT2D eigenvalue weighted by atomic mass is 79.9. The summed E-state index contributed by atoms with van der Waals surface area (Å²) in [5, 5.41) is 3.28. The van der Waals surface area contributed by atoms with Crippen LogP contribution in [-0.4, -0.2) is 20.1 Å². The smallest absolute Gasteiger partial charge is 0.169 e. The third kappa shape index (κ3) is 2.57. The van der Waals surface area contributed by atoms with Crippen molar-refractivity contribution in [2.45, 2.75) is 6.92 Å². The number of benzene rings is 2. The maximum absolute atomic E-state index is 5.62. The Morgan fingerprint density at radius 2 is 1.95 bits per heavy atom. The van der Waals surface area contributed by atoms with Crippen LogP contribution >= 0.6 is 15.9 Å². The molecule has 0 saturated heterocycles. The number of methoxy groups -OCH3 is 2. The van der Waals surface area contributed by atoms with Gasteiger partial charge in [-0.25, -0.2) is 0 Å². The zero-order valence-electron chi connectivity index (χ0n) is 12.6. The van der Waals surface area contributed by atoms with Crippen molar-refractivity contribution in [1.29, 1.82) is 0 Å². The fourth-order valence-electron chi connectivity index (χ4n) is 2.57. The van der Waals surface area contributed by atoms with Gasteiger partial charge in [0.05, 0.1) is 20.1 Å². The van der Waals surface area contributed by atoms with Gasteiger partial charge in [-0.1, -0.05) is 28.1 Å². The van der Waals surface area contributed by atoms with Crippen LogP contribution in [0.15, 0.2) is 39.8 Å². The lowest BCUT2D eigenvalue weighted by atomic mass is 9.95. The number of nitrogens with one attached hydrogen (secondary N) is 1. The van der Waals surface area contributed by atoms with E-state index in [0.717, 1.165) is 32.7 Å². The van der Waals surface area contributed by atoms with Gasteiger partial charge in [0.1, 0.15) is 6.54 Å². The lowest BCUT2D eigenvalue weighted by Gasteiger charge is -2.23. The zero-order chi connectivity index (χ0) is 15.7. The van der Waals surface area contributed by atoms with E-state index in [1.54, 1.807) is 14.2 Å². The molecule has 5 heteroatoms. The minimum atomic E-state index is 0.687. The number of hydrogen-bond donors (Lipinski definition) is 1. The van der Waals surface area contributed by atoms with Crippen LogP contribution in [-0.2, 0) is 0 Å². The number of halogens is 1. The predicted octanol–water partition coefficient (Wildman–Crippen LogP) is 4.49. The first-order valence-corrected chi connectivity index (χ1v) is 7.63. The van der Waals surface area contributed by atoms with E-state index in [1.807, 2.05) is 37.7 Å². The summed E-state index contributed by atoms with van der Waals surface area (Å²) >= 11 is 3.52. The van der Waals surface area contributed by atoms with Gasteiger partial charge in [0.15, 0.2) is 11.5 Å².